The van der Waals surface area contributed by atoms with E-state index < -0.39 is 0 Å². The van der Waals surface area contributed by atoms with Crippen LogP contribution in [0.3, 0.4) is 0 Å². The van der Waals surface area contributed by atoms with Crippen LogP contribution in [0.4, 0.5) is 0 Å². The molecule has 136 valence electrons. The number of thioether (sulfide) groups is 1. The number of hydrogen-bond donors (Lipinski definition) is 0. The van der Waals surface area contributed by atoms with Gasteiger partial charge in [0, 0.05) is 37.4 Å². The maximum absolute atomic E-state index is 12.7. The molecule has 1 saturated heterocycles. The highest BCUT2D eigenvalue weighted by Crippen LogP contribution is 2.29. The third kappa shape index (κ3) is 3.51. The van der Waals surface area contributed by atoms with Crippen LogP contribution in [0, 0.1) is 0 Å². The van der Waals surface area contributed by atoms with E-state index in [1.807, 2.05) is 6.92 Å². The zero-order chi connectivity index (χ0) is 18.0. The highest BCUT2D eigenvalue weighted by molar-refractivity contribution is 7.99. The number of fused-ring (bicyclic) bond motifs is 1. The normalized spacial score (nSPS) is 15.8. The molecule has 0 saturated carbocycles. The highest BCUT2D eigenvalue weighted by Gasteiger charge is 2.18. The minimum atomic E-state index is -0.366. The Morgan fingerprint density at radius 2 is 1.96 bits per heavy atom. The zero-order valence-corrected chi connectivity index (χ0v) is 15.6. The van der Waals surface area contributed by atoms with Gasteiger partial charge >= 0.3 is 5.69 Å². The van der Waals surface area contributed by atoms with Gasteiger partial charge in [0.2, 0.25) is 0 Å². The average molecular weight is 365 g/mol. The van der Waals surface area contributed by atoms with Gasteiger partial charge in [-0.2, -0.15) is 0 Å². The first-order valence-electron chi connectivity index (χ1n) is 8.48. The van der Waals surface area contributed by atoms with Crippen LogP contribution in [0.1, 0.15) is 25.3 Å². The molecule has 0 spiro atoms. The topological polar surface area (TPSA) is 75.3 Å². The summed E-state index contributed by atoms with van der Waals surface area (Å²) < 4.78 is 13.7. The Labute approximate surface area is 150 Å². The molecule has 1 aliphatic rings. The van der Waals surface area contributed by atoms with Crippen molar-refractivity contribution in [1.29, 1.82) is 0 Å². The van der Waals surface area contributed by atoms with Crippen LogP contribution < -0.4 is 11.2 Å². The lowest BCUT2D eigenvalue weighted by Crippen LogP contribution is -2.37. The molecule has 0 amide bonds. The maximum Gasteiger partial charge on any atom is 0.332 e. The van der Waals surface area contributed by atoms with Crippen molar-refractivity contribution in [3.8, 4) is 0 Å². The second-order valence-corrected chi connectivity index (χ2v) is 7.14. The second-order valence-electron chi connectivity index (χ2n) is 6.03. The molecule has 8 heteroatoms. The average Bonchev–Trinajstić information content (AvgIpc) is 2.65. The van der Waals surface area contributed by atoms with E-state index >= 15 is 0 Å². The van der Waals surface area contributed by atoms with Crippen molar-refractivity contribution in [2.75, 3.05) is 19.0 Å². The number of rotatable bonds is 5. The summed E-state index contributed by atoms with van der Waals surface area (Å²) >= 11 is 1.60. The van der Waals surface area contributed by atoms with E-state index in [4.69, 9.17) is 9.47 Å². The standard InChI is InChI=1S/C17H23N3O4S/c1-4-11-10-18-15-13(16(21)20(3)17(22)19(15)2)14(11)25-9-6-12-23-7-5-8-24-12/h10,12H,4-9H2,1-3H3. The van der Waals surface area contributed by atoms with Crippen molar-refractivity contribution in [2.24, 2.45) is 14.1 Å². The van der Waals surface area contributed by atoms with Crippen molar-refractivity contribution in [3.63, 3.8) is 0 Å². The van der Waals surface area contributed by atoms with Gasteiger partial charge in [-0.3, -0.25) is 13.9 Å². The summed E-state index contributed by atoms with van der Waals surface area (Å²) in [5, 5.41) is 0.513. The fourth-order valence-corrected chi connectivity index (χ4v) is 4.14. The van der Waals surface area contributed by atoms with Gasteiger partial charge in [0.05, 0.1) is 18.6 Å². The summed E-state index contributed by atoms with van der Waals surface area (Å²) in [6.07, 6.45) is 4.05. The number of nitrogens with zero attached hydrogens (tertiary/aromatic N) is 3. The van der Waals surface area contributed by atoms with Crippen molar-refractivity contribution in [2.45, 2.75) is 37.4 Å². The lowest BCUT2D eigenvalue weighted by molar-refractivity contribution is -0.178. The van der Waals surface area contributed by atoms with Crippen molar-refractivity contribution >= 4 is 22.8 Å². The van der Waals surface area contributed by atoms with Crippen molar-refractivity contribution < 1.29 is 9.47 Å². The molecule has 0 aromatic carbocycles. The molecule has 1 aliphatic heterocycles. The second kappa shape index (κ2) is 7.72. The fraction of sp³-hybridized carbons (Fsp3) is 0.588. The Bertz CT molecular complexity index is 884. The predicted octanol–water partition coefficient (Wildman–Crippen LogP) is 1.44. The number of ether oxygens (including phenoxy) is 2. The van der Waals surface area contributed by atoms with Gasteiger partial charge in [0.15, 0.2) is 6.29 Å². The zero-order valence-electron chi connectivity index (χ0n) is 14.8. The van der Waals surface area contributed by atoms with E-state index in [9.17, 15) is 9.59 Å². The minimum Gasteiger partial charge on any atom is -0.353 e. The molecule has 0 bridgehead atoms. The van der Waals surface area contributed by atoms with Gasteiger partial charge in [0.25, 0.3) is 5.56 Å². The Morgan fingerprint density at radius 1 is 1.24 bits per heavy atom. The van der Waals surface area contributed by atoms with Crippen LogP contribution in [0.2, 0.25) is 0 Å². The van der Waals surface area contributed by atoms with Gasteiger partial charge < -0.3 is 9.47 Å². The van der Waals surface area contributed by atoms with Crippen LogP contribution in [0.25, 0.3) is 11.0 Å². The highest BCUT2D eigenvalue weighted by atomic mass is 32.2. The Balaban J connectivity index is 1.97. The molecular weight excluding hydrogens is 342 g/mol. The van der Waals surface area contributed by atoms with Gasteiger partial charge in [0.1, 0.15) is 5.65 Å². The largest absolute Gasteiger partial charge is 0.353 e. The molecule has 1 fully saturated rings. The summed E-state index contributed by atoms with van der Waals surface area (Å²) in [5.74, 6) is 0.767. The van der Waals surface area contributed by atoms with Crippen molar-refractivity contribution in [1.82, 2.24) is 14.1 Å². The van der Waals surface area contributed by atoms with Gasteiger partial charge in [-0.15, -0.1) is 11.8 Å². The van der Waals surface area contributed by atoms with Crippen LogP contribution >= 0.6 is 11.8 Å². The first kappa shape index (κ1) is 18.2. The van der Waals surface area contributed by atoms with Crippen LogP contribution in [0.15, 0.2) is 20.7 Å². The number of pyridine rings is 1. The quantitative estimate of drug-likeness (QED) is 0.747. The Morgan fingerprint density at radius 3 is 2.64 bits per heavy atom. The molecule has 2 aromatic rings. The van der Waals surface area contributed by atoms with Gasteiger partial charge in [-0.05, 0) is 18.4 Å². The molecule has 25 heavy (non-hydrogen) atoms. The van der Waals surface area contributed by atoms with Crippen molar-refractivity contribution in [3.05, 3.63) is 32.6 Å². The Kier molecular flexibility index (Phi) is 5.61. The molecule has 3 heterocycles. The molecule has 7 nitrogen and oxygen atoms in total. The monoisotopic (exact) mass is 365 g/mol. The number of aryl methyl sites for hydroxylation is 2. The number of aromatic nitrogens is 3. The van der Waals surface area contributed by atoms with E-state index in [1.165, 1.54) is 11.6 Å². The summed E-state index contributed by atoms with van der Waals surface area (Å²) in [4.78, 5) is 30.1. The molecule has 3 rings (SSSR count). The van der Waals surface area contributed by atoms with E-state index in [2.05, 4.69) is 4.98 Å². The summed E-state index contributed by atoms with van der Waals surface area (Å²) in [5.41, 5.74) is 0.777. The Hall–Kier alpha value is -1.64. The molecule has 0 radical (unpaired) electrons. The summed E-state index contributed by atoms with van der Waals surface area (Å²) in [6, 6.07) is 0. The molecule has 0 atom stereocenters. The molecular formula is C17H23N3O4S. The molecule has 0 unspecified atom stereocenters. The SMILES string of the molecule is CCc1cnc2c(c1SCCC1OCCCO1)c(=O)n(C)c(=O)n2C. The first-order chi connectivity index (χ1) is 12.0. The lowest BCUT2D eigenvalue weighted by atomic mass is 10.2. The first-order valence-corrected chi connectivity index (χ1v) is 9.46. The smallest absolute Gasteiger partial charge is 0.332 e. The molecule has 0 N–H and O–H groups in total. The van der Waals surface area contributed by atoms with E-state index in [1.54, 1.807) is 25.0 Å². The van der Waals surface area contributed by atoms with Gasteiger partial charge in [-0.25, -0.2) is 9.78 Å². The third-order valence-corrected chi connectivity index (χ3v) is 5.57. The van der Waals surface area contributed by atoms with E-state index in [-0.39, 0.29) is 17.5 Å². The molecule has 0 aliphatic carbocycles. The van der Waals surface area contributed by atoms with Crippen LogP contribution in [-0.4, -0.2) is 39.4 Å². The summed E-state index contributed by atoms with van der Waals surface area (Å²) in [7, 11) is 3.14. The van der Waals surface area contributed by atoms with E-state index in [0.717, 1.165) is 53.3 Å². The predicted molar refractivity (Wildman–Crippen MR) is 97.3 cm³/mol. The summed E-state index contributed by atoms with van der Waals surface area (Å²) in [6.45, 7) is 3.50. The number of hydrogen-bond acceptors (Lipinski definition) is 6. The van der Waals surface area contributed by atoms with Crippen LogP contribution in [-0.2, 0) is 30.0 Å². The van der Waals surface area contributed by atoms with Gasteiger partial charge in [-0.1, -0.05) is 6.92 Å². The van der Waals surface area contributed by atoms with E-state index in [0.29, 0.717) is 11.0 Å². The van der Waals surface area contributed by atoms with Crippen LogP contribution in [0.5, 0.6) is 0 Å². The maximum atomic E-state index is 12.7. The third-order valence-electron chi connectivity index (χ3n) is 4.37. The fourth-order valence-electron chi connectivity index (χ4n) is 2.92. The molecule has 2 aromatic heterocycles. The lowest BCUT2D eigenvalue weighted by Gasteiger charge is -2.23. The minimum absolute atomic E-state index is 0.174.